The van der Waals surface area contributed by atoms with E-state index < -0.39 is 0 Å². The number of carbonyl (C=O) groups excluding carboxylic acids is 1. The van der Waals surface area contributed by atoms with Crippen LogP contribution in [0.3, 0.4) is 0 Å². The maximum atomic E-state index is 11.4. The van der Waals surface area contributed by atoms with Crippen molar-refractivity contribution in [1.82, 2.24) is 5.32 Å². The van der Waals surface area contributed by atoms with E-state index in [0.717, 1.165) is 19.3 Å². The van der Waals surface area contributed by atoms with Crippen LogP contribution in [0.5, 0.6) is 0 Å². The Morgan fingerprint density at radius 1 is 1.33 bits per heavy atom. The molecule has 0 saturated heterocycles. The molecule has 1 unspecified atom stereocenters. The monoisotopic (exact) mass is 209 g/mol. The highest BCUT2D eigenvalue weighted by Gasteiger charge is 2.30. The van der Waals surface area contributed by atoms with Gasteiger partial charge in [0.15, 0.2) is 0 Å². The molecule has 15 heavy (non-hydrogen) atoms. The summed E-state index contributed by atoms with van der Waals surface area (Å²) < 4.78 is 0. The smallest absolute Gasteiger partial charge is 0.223 e. The summed E-state index contributed by atoms with van der Waals surface area (Å²) in [5.41, 5.74) is 1.42. The van der Waals surface area contributed by atoms with Crippen molar-refractivity contribution in [3.05, 3.63) is 11.6 Å². The Bertz CT molecular complexity index is 241. The first-order chi connectivity index (χ1) is 7.25. The van der Waals surface area contributed by atoms with Crippen LogP contribution in [0.1, 0.15) is 52.9 Å². The van der Waals surface area contributed by atoms with E-state index in [1.807, 2.05) is 13.8 Å². The van der Waals surface area contributed by atoms with Crippen LogP contribution in [0.2, 0.25) is 0 Å². The first kappa shape index (κ1) is 12.3. The van der Waals surface area contributed by atoms with Crippen LogP contribution in [0.4, 0.5) is 0 Å². The van der Waals surface area contributed by atoms with Crippen molar-refractivity contribution in [1.29, 1.82) is 0 Å². The van der Waals surface area contributed by atoms with Gasteiger partial charge in [-0.15, -0.1) is 0 Å². The van der Waals surface area contributed by atoms with Gasteiger partial charge in [0.05, 0.1) is 0 Å². The number of nitrogens with one attached hydrogen (secondary N) is 1. The number of rotatable bonds is 2. The van der Waals surface area contributed by atoms with E-state index in [2.05, 4.69) is 18.3 Å². The molecular weight excluding hydrogens is 186 g/mol. The summed E-state index contributed by atoms with van der Waals surface area (Å²) in [5.74, 6) is 0.617. The largest absolute Gasteiger partial charge is 0.350 e. The zero-order valence-electron chi connectivity index (χ0n) is 10.2. The third-order valence-electron chi connectivity index (χ3n) is 2.85. The number of carbonyl (C=O) groups is 1. The highest BCUT2D eigenvalue weighted by molar-refractivity contribution is 5.81. The molecule has 0 spiro atoms. The molecule has 1 atom stereocenters. The molecule has 1 fully saturated rings. The zero-order chi connectivity index (χ0) is 11.3. The molecule has 2 aliphatic rings. The van der Waals surface area contributed by atoms with Gasteiger partial charge >= 0.3 is 0 Å². The Balaban J connectivity index is 0.000000531. The average Bonchev–Trinajstić information content (AvgIpc) is 3.04. The minimum Gasteiger partial charge on any atom is -0.350 e. The minimum absolute atomic E-state index is 0.274. The van der Waals surface area contributed by atoms with E-state index >= 15 is 0 Å². The van der Waals surface area contributed by atoms with E-state index in [-0.39, 0.29) is 5.91 Å². The Morgan fingerprint density at radius 3 is 2.53 bits per heavy atom. The van der Waals surface area contributed by atoms with Crippen molar-refractivity contribution >= 4 is 5.91 Å². The molecule has 0 heterocycles. The van der Waals surface area contributed by atoms with Gasteiger partial charge in [0.25, 0.3) is 0 Å². The lowest BCUT2D eigenvalue weighted by atomic mass is 9.97. The maximum Gasteiger partial charge on any atom is 0.223 e. The van der Waals surface area contributed by atoms with E-state index in [1.54, 1.807) is 0 Å². The topological polar surface area (TPSA) is 29.1 Å². The molecule has 2 heteroatoms. The van der Waals surface area contributed by atoms with Crippen LogP contribution in [-0.2, 0) is 4.79 Å². The lowest BCUT2D eigenvalue weighted by Crippen LogP contribution is -2.35. The van der Waals surface area contributed by atoms with Crippen molar-refractivity contribution < 1.29 is 4.79 Å². The summed E-state index contributed by atoms with van der Waals surface area (Å²) >= 11 is 0. The van der Waals surface area contributed by atoms with Gasteiger partial charge < -0.3 is 5.32 Å². The Morgan fingerprint density at radius 2 is 2.00 bits per heavy atom. The number of hydrogen-bond acceptors (Lipinski definition) is 1. The summed E-state index contributed by atoms with van der Waals surface area (Å²) in [7, 11) is 0. The van der Waals surface area contributed by atoms with Crippen LogP contribution < -0.4 is 5.32 Å². The molecule has 0 bridgehead atoms. The normalized spacial score (nSPS) is 24.7. The van der Waals surface area contributed by atoms with Crippen LogP contribution in [0, 0.1) is 5.92 Å². The van der Waals surface area contributed by atoms with Gasteiger partial charge in [0, 0.05) is 12.0 Å². The third-order valence-corrected chi connectivity index (χ3v) is 2.85. The highest BCUT2D eigenvalue weighted by atomic mass is 16.2. The molecule has 0 aromatic carbocycles. The lowest BCUT2D eigenvalue weighted by Gasteiger charge is -2.20. The Labute approximate surface area is 93.1 Å². The van der Waals surface area contributed by atoms with Gasteiger partial charge in [-0.2, -0.15) is 0 Å². The van der Waals surface area contributed by atoms with Gasteiger partial charge in [0.2, 0.25) is 5.91 Å². The van der Waals surface area contributed by atoms with E-state index in [9.17, 15) is 4.79 Å². The van der Waals surface area contributed by atoms with Gasteiger partial charge in [-0.25, -0.2) is 0 Å². The molecule has 0 radical (unpaired) electrons. The second-order valence-corrected chi connectivity index (χ2v) is 4.29. The van der Waals surface area contributed by atoms with Crippen LogP contribution >= 0.6 is 0 Å². The minimum atomic E-state index is 0.274. The summed E-state index contributed by atoms with van der Waals surface area (Å²) in [6, 6.07) is 0.321. The lowest BCUT2D eigenvalue weighted by molar-refractivity contribution is -0.122. The molecule has 86 valence electrons. The van der Waals surface area contributed by atoms with Crippen molar-refractivity contribution in [3.63, 3.8) is 0 Å². The van der Waals surface area contributed by atoms with Crippen molar-refractivity contribution in [3.8, 4) is 0 Å². The van der Waals surface area contributed by atoms with Crippen molar-refractivity contribution in [2.45, 2.75) is 58.9 Å². The predicted molar refractivity (Wildman–Crippen MR) is 63.6 cm³/mol. The molecule has 1 amide bonds. The van der Waals surface area contributed by atoms with Crippen molar-refractivity contribution in [2.24, 2.45) is 5.92 Å². The first-order valence-corrected chi connectivity index (χ1v) is 6.23. The summed E-state index contributed by atoms with van der Waals surface area (Å²) in [5, 5.41) is 3.10. The van der Waals surface area contributed by atoms with Gasteiger partial charge in [-0.1, -0.05) is 25.5 Å². The molecule has 2 aliphatic carbocycles. The molecule has 0 aromatic heterocycles. The standard InChI is InChI=1S/C11H17NO.C2H6/c1-8-3-2-4-10(7-8)12-11(13)9-5-6-9;1-2/h7,9-10H,2-6H2,1H3,(H,12,13);1-2H3. The van der Waals surface area contributed by atoms with Crippen LogP contribution in [0.25, 0.3) is 0 Å². The summed E-state index contributed by atoms with van der Waals surface area (Å²) in [6.45, 7) is 6.15. The zero-order valence-corrected chi connectivity index (χ0v) is 10.2. The second-order valence-electron chi connectivity index (χ2n) is 4.29. The quantitative estimate of drug-likeness (QED) is 0.696. The summed E-state index contributed by atoms with van der Waals surface area (Å²) in [4.78, 5) is 11.4. The van der Waals surface area contributed by atoms with E-state index in [1.165, 1.54) is 18.4 Å². The molecule has 1 saturated carbocycles. The Kier molecular flexibility index (Phi) is 4.86. The fourth-order valence-corrected chi connectivity index (χ4v) is 1.87. The molecule has 0 aliphatic heterocycles. The summed E-state index contributed by atoms with van der Waals surface area (Å²) in [6.07, 6.45) is 7.95. The van der Waals surface area contributed by atoms with Gasteiger partial charge in [0.1, 0.15) is 0 Å². The fourth-order valence-electron chi connectivity index (χ4n) is 1.87. The fraction of sp³-hybridized carbons (Fsp3) is 0.769. The molecular formula is C13H23NO. The van der Waals surface area contributed by atoms with Crippen molar-refractivity contribution in [2.75, 3.05) is 0 Å². The van der Waals surface area contributed by atoms with Gasteiger partial charge in [-0.3, -0.25) is 4.79 Å². The maximum absolute atomic E-state index is 11.4. The average molecular weight is 209 g/mol. The molecule has 1 N–H and O–H groups in total. The van der Waals surface area contributed by atoms with Crippen LogP contribution in [-0.4, -0.2) is 11.9 Å². The molecule has 2 rings (SSSR count). The first-order valence-electron chi connectivity index (χ1n) is 6.23. The predicted octanol–water partition coefficient (Wildman–Crippen LogP) is 3.04. The van der Waals surface area contributed by atoms with E-state index in [4.69, 9.17) is 0 Å². The Hall–Kier alpha value is -0.790. The number of allylic oxidation sites excluding steroid dienone is 1. The number of hydrogen-bond donors (Lipinski definition) is 1. The number of amides is 1. The molecule has 0 aromatic rings. The second kappa shape index (κ2) is 5.94. The highest BCUT2D eigenvalue weighted by Crippen LogP contribution is 2.29. The molecule has 2 nitrogen and oxygen atoms in total. The third kappa shape index (κ3) is 4.06. The SMILES string of the molecule is CC.CC1=CC(NC(=O)C2CC2)CCC1. The van der Waals surface area contributed by atoms with Crippen LogP contribution in [0.15, 0.2) is 11.6 Å². The van der Waals surface area contributed by atoms with E-state index in [0.29, 0.717) is 12.0 Å². The van der Waals surface area contributed by atoms with Gasteiger partial charge in [-0.05, 0) is 39.0 Å².